The van der Waals surface area contributed by atoms with Crippen molar-refractivity contribution in [1.29, 1.82) is 0 Å². The Morgan fingerprint density at radius 3 is 2.89 bits per heavy atom. The van der Waals surface area contributed by atoms with Crippen molar-refractivity contribution in [3.8, 4) is 0 Å². The molecule has 18 heavy (non-hydrogen) atoms. The number of hydrogen-bond donors (Lipinski definition) is 3. The minimum absolute atomic E-state index is 0.183. The number of nitrogens with two attached hydrogens (primary N) is 1. The van der Waals surface area contributed by atoms with Gasteiger partial charge in [-0.25, -0.2) is 4.79 Å². The van der Waals surface area contributed by atoms with Crippen LogP contribution in [0.2, 0.25) is 0 Å². The van der Waals surface area contributed by atoms with Crippen LogP contribution in [0.3, 0.4) is 0 Å². The van der Waals surface area contributed by atoms with Crippen molar-refractivity contribution < 1.29 is 4.42 Å². The maximum absolute atomic E-state index is 11.1. The van der Waals surface area contributed by atoms with Crippen LogP contribution in [-0.4, -0.2) is 18.6 Å². The second-order valence-corrected chi connectivity index (χ2v) is 4.44. The molecule has 0 amide bonds. The van der Waals surface area contributed by atoms with Gasteiger partial charge in [-0.3, -0.25) is 4.98 Å². The molecule has 1 aromatic carbocycles. The van der Waals surface area contributed by atoms with E-state index in [0.717, 1.165) is 17.5 Å². The van der Waals surface area contributed by atoms with E-state index in [-0.39, 0.29) is 6.04 Å². The van der Waals surface area contributed by atoms with Crippen LogP contribution >= 0.6 is 0 Å². The van der Waals surface area contributed by atoms with Crippen LogP contribution < -0.4 is 16.8 Å². The number of nitrogens with one attached hydrogen (secondary N) is 2. The first-order valence-electron chi connectivity index (χ1n) is 6.19. The second kappa shape index (κ2) is 5.37. The van der Waals surface area contributed by atoms with E-state index in [0.29, 0.717) is 18.0 Å². The molecule has 5 heteroatoms. The van der Waals surface area contributed by atoms with Crippen molar-refractivity contribution in [3.05, 3.63) is 34.3 Å². The van der Waals surface area contributed by atoms with Crippen LogP contribution in [0.5, 0.6) is 0 Å². The van der Waals surface area contributed by atoms with Crippen LogP contribution in [0.15, 0.2) is 27.4 Å². The van der Waals surface area contributed by atoms with Crippen LogP contribution in [0, 0.1) is 5.92 Å². The van der Waals surface area contributed by atoms with E-state index in [1.807, 2.05) is 25.2 Å². The second-order valence-electron chi connectivity index (χ2n) is 4.44. The van der Waals surface area contributed by atoms with Gasteiger partial charge in [-0.1, -0.05) is 19.4 Å². The number of fused-ring (bicyclic) bond motifs is 1. The summed E-state index contributed by atoms with van der Waals surface area (Å²) < 4.78 is 4.99. The molecule has 0 bridgehead atoms. The maximum atomic E-state index is 11.1. The Bertz CT molecular complexity index is 569. The molecule has 2 rings (SSSR count). The fraction of sp³-hybridized carbons (Fsp3) is 0.462. The largest absolute Gasteiger partial charge is 0.417 e. The predicted octanol–water partition coefficient (Wildman–Crippen LogP) is 1.37. The first-order valence-corrected chi connectivity index (χ1v) is 6.19. The number of H-pyrrole nitrogens is 1. The number of benzene rings is 1. The van der Waals surface area contributed by atoms with Gasteiger partial charge in [-0.2, -0.15) is 0 Å². The zero-order valence-electron chi connectivity index (χ0n) is 10.7. The molecule has 0 aliphatic rings. The first kappa shape index (κ1) is 12.9. The highest BCUT2D eigenvalue weighted by Gasteiger charge is 2.19. The number of rotatable bonds is 5. The van der Waals surface area contributed by atoms with E-state index < -0.39 is 5.76 Å². The Morgan fingerprint density at radius 2 is 2.28 bits per heavy atom. The average Bonchev–Trinajstić information content (AvgIpc) is 2.74. The topological polar surface area (TPSA) is 84.0 Å². The quantitative estimate of drug-likeness (QED) is 0.747. The fourth-order valence-corrected chi connectivity index (χ4v) is 2.38. The van der Waals surface area contributed by atoms with Gasteiger partial charge in [0.25, 0.3) is 0 Å². The zero-order valence-corrected chi connectivity index (χ0v) is 10.7. The summed E-state index contributed by atoms with van der Waals surface area (Å²) in [5, 5.41) is 3.29. The van der Waals surface area contributed by atoms with E-state index in [1.54, 1.807) is 0 Å². The van der Waals surface area contributed by atoms with Gasteiger partial charge in [-0.05, 0) is 37.2 Å². The summed E-state index contributed by atoms with van der Waals surface area (Å²) in [4.78, 5) is 13.8. The lowest BCUT2D eigenvalue weighted by molar-refractivity contribution is 0.378. The van der Waals surface area contributed by atoms with Crippen molar-refractivity contribution in [2.24, 2.45) is 11.7 Å². The maximum Gasteiger partial charge on any atom is 0.417 e. The van der Waals surface area contributed by atoms with Crippen LogP contribution in [-0.2, 0) is 0 Å². The lowest BCUT2D eigenvalue weighted by Crippen LogP contribution is -2.30. The summed E-state index contributed by atoms with van der Waals surface area (Å²) >= 11 is 0. The smallest absolute Gasteiger partial charge is 0.408 e. The Kier molecular flexibility index (Phi) is 3.84. The molecule has 2 atom stereocenters. The molecule has 0 saturated heterocycles. The summed E-state index contributed by atoms with van der Waals surface area (Å²) in [6.07, 6.45) is 1.00. The van der Waals surface area contributed by atoms with Gasteiger partial charge >= 0.3 is 5.76 Å². The average molecular weight is 249 g/mol. The Morgan fingerprint density at radius 1 is 1.50 bits per heavy atom. The molecule has 0 saturated carbocycles. The molecule has 5 nitrogen and oxygen atoms in total. The third-order valence-electron chi connectivity index (χ3n) is 3.41. The summed E-state index contributed by atoms with van der Waals surface area (Å²) in [5.41, 5.74) is 8.22. The van der Waals surface area contributed by atoms with E-state index in [4.69, 9.17) is 10.2 Å². The number of aromatic amines is 1. The molecule has 4 N–H and O–H groups in total. The molecular weight excluding hydrogens is 230 g/mol. The van der Waals surface area contributed by atoms with Crippen LogP contribution in [0.25, 0.3) is 11.1 Å². The highest BCUT2D eigenvalue weighted by molar-refractivity contribution is 5.72. The number of hydrogen-bond acceptors (Lipinski definition) is 4. The van der Waals surface area contributed by atoms with Crippen LogP contribution in [0.1, 0.15) is 24.9 Å². The van der Waals surface area contributed by atoms with Crippen molar-refractivity contribution in [3.63, 3.8) is 0 Å². The molecule has 1 heterocycles. The normalized spacial score (nSPS) is 14.8. The standard InChI is InChI=1S/C13H19N3O2/c1-3-8(7-14)12(15-2)9-4-5-11-10(6-9)16-13(17)18-11/h4-6,8,12,15H,3,7,14H2,1-2H3,(H,16,17). The van der Waals surface area contributed by atoms with Crippen LogP contribution in [0.4, 0.5) is 0 Å². The number of oxazole rings is 1. The summed E-state index contributed by atoms with van der Waals surface area (Å²) in [6.45, 7) is 2.75. The third kappa shape index (κ3) is 2.32. The minimum Gasteiger partial charge on any atom is -0.408 e. The lowest BCUT2D eigenvalue weighted by atomic mass is 9.91. The molecule has 2 aromatic rings. The minimum atomic E-state index is -0.422. The van der Waals surface area contributed by atoms with E-state index in [2.05, 4.69) is 17.2 Å². The van der Waals surface area contributed by atoms with Crippen molar-refractivity contribution in [2.75, 3.05) is 13.6 Å². The SMILES string of the molecule is CCC(CN)C(NC)c1ccc2oc(=O)[nH]c2c1. The highest BCUT2D eigenvalue weighted by atomic mass is 16.4. The van der Waals surface area contributed by atoms with E-state index in [1.165, 1.54) is 0 Å². The Balaban J connectivity index is 2.41. The van der Waals surface area contributed by atoms with Gasteiger partial charge in [0.1, 0.15) is 0 Å². The number of aromatic nitrogens is 1. The summed E-state index contributed by atoms with van der Waals surface area (Å²) in [6, 6.07) is 5.91. The van der Waals surface area contributed by atoms with Gasteiger partial charge in [0.2, 0.25) is 0 Å². The predicted molar refractivity (Wildman–Crippen MR) is 71.5 cm³/mol. The Labute approximate surface area is 105 Å². The molecule has 0 fully saturated rings. The summed E-state index contributed by atoms with van der Waals surface area (Å²) in [7, 11) is 1.92. The summed E-state index contributed by atoms with van der Waals surface area (Å²) in [5.74, 6) is -0.0555. The third-order valence-corrected chi connectivity index (χ3v) is 3.41. The molecule has 0 radical (unpaired) electrons. The molecule has 1 aromatic heterocycles. The van der Waals surface area contributed by atoms with Crippen molar-refractivity contribution >= 4 is 11.1 Å². The molecular formula is C13H19N3O2. The molecule has 0 aliphatic heterocycles. The fourth-order valence-electron chi connectivity index (χ4n) is 2.38. The first-order chi connectivity index (χ1) is 8.69. The van der Waals surface area contributed by atoms with Crippen molar-refractivity contribution in [2.45, 2.75) is 19.4 Å². The van der Waals surface area contributed by atoms with Gasteiger partial charge in [0, 0.05) is 6.04 Å². The van der Waals surface area contributed by atoms with Gasteiger partial charge < -0.3 is 15.5 Å². The van der Waals surface area contributed by atoms with Gasteiger partial charge in [0.15, 0.2) is 5.58 Å². The molecule has 0 aliphatic carbocycles. The Hall–Kier alpha value is -1.59. The van der Waals surface area contributed by atoms with Crippen molar-refractivity contribution in [1.82, 2.24) is 10.3 Å². The molecule has 2 unspecified atom stereocenters. The van der Waals surface area contributed by atoms with Gasteiger partial charge in [-0.15, -0.1) is 0 Å². The van der Waals surface area contributed by atoms with Gasteiger partial charge in [0.05, 0.1) is 5.52 Å². The lowest BCUT2D eigenvalue weighted by Gasteiger charge is -2.25. The monoisotopic (exact) mass is 249 g/mol. The van der Waals surface area contributed by atoms with E-state index >= 15 is 0 Å². The van der Waals surface area contributed by atoms with E-state index in [9.17, 15) is 4.79 Å². The zero-order chi connectivity index (χ0) is 13.1. The molecule has 98 valence electrons. The molecule has 0 spiro atoms. The highest BCUT2D eigenvalue weighted by Crippen LogP contribution is 2.25.